The van der Waals surface area contributed by atoms with Gasteiger partial charge in [0, 0.05) is 26.2 Å². The van der Waals surface area contributed by atoms with E-state index in [0.717, 1.165) is 26.1 Å². The Morgan fingerprint density at radius 2 is 2.06 bits per heavy atom. The summed E-state index contributed by atoms with van der Waals surface area (Å²) in [5, 5.41) is 2.77. The van der Waals surface area contributed by atoms with Gasteiger partial charge in [-0.15, -0.1) is 0 Å². The van der Waals surface area contributed by atoms with Crippen LogP contribution in [0.5, 0.6) is 0 Å². The standard InChI is InChI=1S/C11H23N3O2/c1-9-7-14(8-10(2)16-9)5-3-4-13-11(15)6-12/h9-10H,3-8,12H2,1-2H3,(H,13,15). The summed E-state index contributed by atoms with van der Waals surface area (Å²) >= 11 is 0. The van der Waals surface area contributed by atoms with Crippen LogP contribution in [0.4, 0.5) is 0 Å². The molecule has 1 aliphatic rings. The first-order valence-corrected chi connectivity index (χ1v) is 5.96. The smallest absolute Gasteiger partial charge is 0.233 e. The molecule has 2 unspecified atom stereocenters. The summed E-state index contributed by atoms with van der Waals surface area (Å²) in [4.78, 5) is 13.3. The lowest BCUT2D eigenvalue weighted by Gasteiger charge is -2.35. The van der Waals surface area contributed by atoms with E-state index in [2.05, 4.69) is 24.1 Å². The van der Waals surface area contributed by atoms with E-state index < -0.39 is 0 Å². The number of hydrogen-bond acceptors (Lipinski definition) is 4. The van der Waals surface area contributed by atoms with Crippen molar-refractivity contribution < 1.29 is 9.53 Å². The van der Waals surface area contributed by atoms with Crippen molar-refractivity contribution >= 4 is 5.91 Å². The molecule has 0 bridgehead atoms. The van der Waals surface area contributed by atoms with Crippen LogP contribution in [0.25, 0.3) is 0 Å². The van der Waals surface area contributed by atoms with E-state index in [1.807, 2.05) is 0 Å². The maximum atomic E-state index is 10.9. The number of nitrogens with zero attached hydrogens (tertiary/aromatic N) is 1. The minimum Gasteiger partial charge on any atom is -0.373 e. The van der Waals surface area contributed by atoms with Crippen LogP contribution in [0, 0.1) is 0 Å². The van der Waals surface area contributed by atoms with Gasteiger partial charge in [0.15, 0.2) is 0 Å². The number of carbonyl (C=O) groups is 1. The molecule has 0 saturated carbocycles. The molecule has 0 aromatic carbocycles. The summed E-state index contributed by atoms with van der Waals surface area (Å²) in [7, 11) is 0. The third-order valence-corrected chi connectivity index (χ3v) is 2.65. The minimum absolute atomic E-state index is 0.0750. The van der Waals surface area contributed by atoms with E-state index in [0.29, 0.717) is 18.8 Å². The Morgan fingerprint density at radius 3 is 2.62 bits per heavy atom. The number of amides is 1. The van der Waals surface area contributed by atoms with Gasteiger partial charge in [0.1, 0.15) is 0 Å². The number of morpholine rings is 1. The average molecular weight is 229 g/mol. The van der Waals surface area contributed by atoms with Gasteiger partial charge < -0.3 is 15.8 Å². The molecule has 5 heteroatoms. The summed E-state index contributed by atoms with van der Waals surface area (Å²) in [6.45, 7) is 7.94. The molecule has 1 rings (SSSR count). The van der Waals surface area contributed by atoms with Crippen molar-refractivity contribution in [3.8, 4) is 0 Å². The molecule has 3 N–H and O–H groups in total. The van der Waals surface area contributed by atoms with Gasteiger partial charge >= 0.3 is 0 Å². The molecule has 16 heavy (non-hydrogen) atoms. The van der Waals surface area contributed by atoms with E-state index in [-0.39, 0.29) is 12.5 Å². The second-order valence-electron chi connectivity index (χ2n) is 4.42. The Morgan fingerprint density at radius 1 is 1.44 bits per heavy atom. The summed E-state index contributed by atoms with van der Waals surface area (Å²) in [5.74, 6) is -0.0799. The third-order valence-electron chi connectivity index (χ3n) is 2.65. The monoisotopic (exact) mass is 229 g/mol. The van der Waals surface area contributed by atoms with Gasteiger partial charge in [0.25, 0.3) is 0 Å². The number of rotatable bonds is 5. The number of nitrogens with one attached hydrogen (secondary N) is 1. The molecule has 0 aromatic rings. The third kappa shape index (κ3) is 4.92. The first kappa shape index (κ1) is 13.4. The zero-order valence-corrected chi connectivity index (χ0v) is 10.2. The average Bonchev–Trinajstić information content (AvgIpc) is 2.22. The molecule has 5 nitrogen and oxygen atoms in total. The highest BCUT2D eigenvalue weighted by atomic mass is 16.5. The summed E-state index contributed by atoms with van der Waals surface area (Å²) < 4.78 is 5.65. The molecule has 1 aliphatic heterocycles. The van der Waals surface area contributed by atoms with Crippen LogP contribution in [-0.2, 0) is 9.53 Å². The fourth-order valence-corrected chi connectivity index (χ4v) is 2.07. The Hall–Kier alpha value is -0.650. The largest absolute Gasteiger partial charge is 0.373 e. The molecular weight excluding hydrogens is 206 g/mol. The van der Waals surface area contributed by atoms with Crippen molar-refractivity contribution in [2.24, 2.45) is 5.73 Å². The topological polar surface area (TPSA) is 67.6 Å². The summed E-state index contributed by atoms with van der Waals surface area (Å²) in [5.41, 5.74) is 5.19. The van der Waals surface area contributed by atoms with Crippen molar-refractivity contribution in [3.05, 3.63) is 0 Å². The van der Waals surface area contributed by atoms with E-state index in [4.69, 9.17) is 10.5 Å². The van der Waals surface area contributed by atoms with Gasteiger partial charge in [-0.2, -0.15) is 0 Å². The fourth-order valence-electron chi connectivity index (χ4n) is 2.07. The molecule has 0 aliphatic carbocycles. The Kier molecular flexibility index (Phi) is 5.73. The molecule has 94 valence electrons. The predicted octanol–water partition coefficient (Wildman–Crippen LogP) is -0.439. The molecule has 1 heterocycles. The van der Waals surface area contributed by atoms with Crippen LogP contribution >= 0.6 is 0 Å². The van der Waals surface area contributed by atoms with Crippen molar-refractivity contribution in [1.29, 1.82) is 0 Å². The maximum Gasteiger partial charge on any atom is 0.233 e. The van der Waals surface area contributed by atoms with E-state index in [1.54, 1.807) is 0 Å². The quantitative estimate of drug-likeness (QED) is 0.627. The molecule has 1 amide bonds. The lowest BCUT2D eigenvalue weighted by molar-refractivity contribution is -0.119. The van der Waals surface area contributed by atoms with E-state index >= 15 is 0 Å². The highest BCUT2D eigenvalue weighted by Crippen LogP contribution is 2.10. The van der Waals surface area contributed by atoms with Crippen LogP contribution in [0.15, 0.2) is 0 Å². The van der Waals surface area contributed by atoms with E-state index in [1.165, 1.54) is 0 Å². The molecular formula is C11H23N3O2. The maximum absolute atomic E-state index is 10.9. The van der Waals surface area contributed by atoms with Gasteiger partial charge in [0.05, 0.1) is 18.8 Å². The van der Waals surface area contributed by atoms with Crippen molar-refractivity contribution in [2.45, 2.75) is 32.5 Å². The zero-order valence-electron chi connectivity index (χ0n) is 10.2. The summed E-state index contributed by atoms with van der Waals surface area (Å²) in [6, 6.07) is 0. The molecule has 1 fully saturated rings. The zero-order chi connectivity index (χ0) is 12.0. The lowest BCUT2D eigenvalue weighted by Crippen LogP contribution is -2.46. The van der Waals surface area contributed by atoms with Crippen LogP contribution in [0.3, 0.4) is 0 Å². The predicted molar refractivity (Wildman–Crippen MR) is 63.1 cm³/mol. The molecule has 2 atom stereocenters. The Labute approximate surface area is 97.3 Å². The normalized spacial score (nSPS) is 26.7. The highest BCUT2D eigenvalue weighted by Gasteiger charge is 2.21. The molecule has 0 aromatic heterocycles. The van der Waals surface area contributed by atoms with Crippen molar-refractivity contribution in [2.75, 3.05) is 32.7 Å². The van der Waals surface area contributed by atoms with Crippen LogP contribution in [0.2, 0.25) is 0 Å². The minimum atomic E-state index is -0.0799. The molecule has 0 radical (unpaired) electrons. The number of ether oxygens (including phenoxy) is 1. The van der Waals surface area contributed by atoms with Gasteiger partial charge in [-0.3, -0.25) is 9.69 Å². The van der Waals surface area contributed by atoms with Gasteiger partial charge in [-0.05, 0) is 20.3 Å². The van der Waals surface area contributed by atoms with Crippen LogP contribution < -0.4 is 11.1 Å². The first-order valence-electron chi connectivity index (χ1n) is 5.96. The summed E-state index contributed by atoms with van der Waals surface area (Å²) in [6.07, 6.45) is 1.58. The van der Waals surface area contributed by atoms with Gasteiger partial charge in [0.2, 0.25) is 5.91 Å². The highest BCUT2D eigenvalue weighted by molar-refractivity contribution is 5.77. The number of nitrogens with two attached hydrogens (primary N) is 1. The number of carbonyl (C=O) groups excluding carboxylic acids is 1. The Bertz CT molecular complexity index is 213. The van der Waals surface area contributed by atoms with Gasteiger partial charge in [-0.25, -0.2) is 0 Å². The molecule has 1 saturated heterocycles. The van der Waals surface area contributed by atoms with Gasteiger partial charge in [-0.1, -0.05) is 0 Å². The van der Waals surface area contributed by atoms with Crippen molar-refractivity contribution in [3.63, 3.8) is 0 Å². The lowest BCUT2D eigenvalue weighted by atomic mass is 10.2. The number of hydrogen-bond donors (Lipinski definition) is 2. The Balaban J connectivity index is 2.10. The second kappa shape index (κ2) is 6.83. The molecule has 0 spiro atoms. The fraction of sp³-hybridized carbons (Fsp3) is 0.909. The SMILES string of the molecule is CC1CN(CCCNC(=O)CN)CC(C)O1. The first-order chi connectivity index (χ1) is 7.61. The van der Waals surface area contributed by atoms with Crippen molar-refractivity contribution in [1.82, 2.24) is 10.2 Å². The van der Waals surface area contributed by atoms with Crippen LogP contribution in [0.1, 0.15) is 20.3 Å². The van der Waals surface area contributed by atoms with Crippen LogP contribution in [-0.4, -0.2) is 55.7 Å². The van der Waals surface area contributed by atoms with E-state index in [9.17, 15) is 4.79 Å². The second-order valence-corrected chi connectivity index (χ2v) is 4.42.